The normalized spacial score (nSPS) is 21.6. The lowest BCUT2D eigenvalue weighted by Gasteiger charge is -2.30. The number of quaternary nitrogens is 1. The lowest BCUT2D eigenvalue weighted by molar-refractivity contribution is -0.945. The van der Waals surface area contributed by atoms with Gasteiger partial charge in [-0.25, -0.2) is 4.98 Å². The standard InChI is InChI=1S/C15H15N3OS2/c1-10-12-3-6-20-13(12)2-4-17(10)9-11-8-14(19)18-5-7-21-15(18)16-11/h3,5-8,10H,2,4,9H2,1H3/p+1/t10-/m1/s1. The fourth-order valence-electron chi connectivity index (χ4n) is 3.10. The van der Waals surface area contributed by atoms with Crippen LogP contribution in [-0.2, 0) is 13.0 Å². The Hall–Kier alpha value is -1.50. The van der Waals surface area contributed by atoms with Crippen molar-refractivity contribution in [3.63, 3.8) is 0 Å². The van der Waals surface area contributed by atoms with E-state index < -0.39 is 0 Å². The molecule has 0 bridgehead atoms. The fraction of sp³-hybridized carbons (Fsp3) is 0.333. The van der Waals surface area contributed by atoms with Gasteiger partial charge in [0.25, 0.3) is 5.56 Å². The fourth-order valence-corrected chi connectivity index (χ4v) is 4.82. The first-order valence-corrected chi connectivity index (χ1v) is 8.85. The van der Waals surface area contributed by atoms with E-state index in [2.05, 4.69) is 23.4 Å². The van der Waals surface area contributed by atoms with Crippen molar-refractivity contribution in [2.24, 2.45) is 0 Å². The molecule has 4 rings (SSSR count). The van der Waals surface area contributed by atoms with Crippen molar-refractivity contribution in [1.29, 1.82) is 0 Å². The molecule has 0 saturated heterocycles. The summed E-state index contributed by atoms with van der Waals surface area (Å²) in [6, 6.07) is 4.40. The molecule has 0 spiro atoms. The molecule has 0 amide bonds. The third-order valence-electron chi connectivity index (χ3n) is 4.30. The minimum absolute atomic E-state index is 0.0246. The number of fused-ring (bicyclic) bond motifs is 2. The molecule has 3 aromatic heterocycles. The first-order valence-electron chi connectivity index (χ1n) is 7.09. The van der Waals surface area contributed by atoms with Crippen molar-refractivity contribution in [3.8, 4) is 0 Å². The van der Waals surface area contributed by atoms with E-state index in [0.717, 1.165) is 30.2 Å². The summed E-state index contributed by atoms with van der Waals surface area (Å²) < 4.78 is 1.61. The van der Waals surface area contributed by atoms with Gasteiger partial charge in [-0.05, 0) is 18.4 Å². The topological polar surface area (TPSA) is 38.8 Å². The van der Waals surface area contributed by atoms with Crippen molar-refractivity contribution < 1.29 is 4.90 Å². The van der Waals surface area contributed by atoms with Crippen LogP contribution in [0.2, 0.25) is 0 Å². The molecule has 4 nitrogen and oxygen atoms in total. The molecule has 1 aliphatic heterocycles. The van der Waals surface area contributed by atoms with Gasteiger partial charge in [0.1, 0.15) is 18.3 Å². The Labute approximate surface area is 130 Å². The predicted octanol–water partition coefficient (Wildman–Crippen LogP) is 1.52. The summed E-state index contributed by atoms with van der Waals surface area (Å²) in [6.07, 6.45) is 2.92. The van der Waals surface area contributed by atoms with Crippen LogP contribution in [0.15, 0.2) is 33.9 Å². The zero-order chi connectivity index (χ0) is 14.4. The Balaban J connectivity index is 1.64. The Bertz CT molecular complexity index is 848. The average molecular weight is 318 g/mol. The van der Waals surface area contributed by atoms with E-state index in [1.807, 2.05) is 16.7 Å². The number of hydrogen-bond donors (Lipinski definition) is 1. The summed E-state index contributed by atoms with van der Waals surface area (Å²) >= 11 is 3.37. The maximum absolute atomic E-state index is 12.1. The van der Waals surface area contributed by atoms with E-state index >= 15 is 0 Å². The van der Waals surface area contributed by atoms with Gasteiger partial charge in [0.2, 0.25) is 0 Å². The zero-order valence-electron chi connectivity index (χ0n) is 11.7. The van der Waals surface area contributed by atoms with Crippen LogP contribution in [0.1, 0.15) is 29.1 Å². The molecule has 0 aliphatic carbocycles. The van der Waals surface area contributed by atoms with E-state index in [4.69, 9.17) is 0 Å². The second kappa shape index (κ2) is 5.05. The van der Waals surface area contributed by atoms with E-state index in [1.165, 1.54) is 26.7 Å². The van der Waals surface area contributed by atoms with E-state index in [1.54, 1.807) is 16.7 Å². The minimum Gasteiger partial charge on any atom is -0.324 e. The second-order valence-corrected chi connectivity index (χ2v) is 7.37. The maximum atomic E-state index is 12.1. The maximum Gasteiger partial charge on any atom is 0.258 e. The van der Waals surface area contributed by atoms with E-state index in [9.17, 15) is 4.79 Å². The van der Waals surface area contributed by atoms with Crippen LogP contribution in [0.25, 0.3) is 4.96 Å². The molecular weight excluding hydrogens is 302 g/mol. The molecule has 108 valence electrons. The predicted molar refractivity (Wildman–Crippen MR) is 85.3 cm³/mol. The largest absolute Gasteiger partial charge is 0.324 e. The monoisotopic (exact) mass is 318 g/mol. The molecule has 4 heterocycles. The van der Waals surface area contributed by atoms with Gasteiger partial charge >= 0.3 is 0 Å². The number of aromatic nitrogens is 2. The third kappa shape index (κ3) is 2.23. The summed E-state index contributed by atoms with van der Waals surface area (Å²) in [5.41, 5.74) is 2.40. The summed E-state index contributed by atoms with van der Waals surface area (Å²) in [6.45, 7) is 4.21. The quantitative estimate of drug-likeness (QED) is 0.778. The van der Waals surface area contributed by atoms with Gasteiger partial charge in [0, 0.05) is 34.5 Å². The number of hydrogen-bond acceptors (Lipinski definition) is 4. The molecule has 21 heavy (non-hydrogen) atoms. The van der Waals surface area contributed by atoms with Crippen LogP contribution in [0.4, 0.5) is 0 Å². The van der Waals surface area contributed by atoms with Gasteiger partial charge in [-0.15, -0.1) is 22.7 Å². The molecule has 3 aromatic rings. The Morgan fingerprint density at radius 1 is 1.43 bits per heavy atom. The second-order valence-electron chi connectivity index (χ2n) is 5.50. The van der Waals surface area contributed by atoms with Crippen LogP contribution in [0.5, 0.6) is 0 Å². The highest BCUT2D eigenvalue weighted by molar-refractivity contribution is 7.15. The molecule has 6 heteroatoms. The van der Waals surface area contributed by atoms with Gasteiger partial charge in [-0.3, -0.25) is 9.20 Å². The van der Waals surface area contributed by atoms with Gasteiger partial charge < -0.3 is 4.90 Å². The van der Waals surface area contributed by atoms with Crippen molar-refractivity contribution in [3.05, 3.63) is 55.6 Å². The molecule has 0 aromatic carbocycles. The van der Waals surface area contributed by atoms with Crippen LogP contribution in [0.3, 0.4) is 0 Å². The number of rotatable bonds is 2. The van der Waals surface area contributed by atoms with Crippen molar-refractivity contribution in [2.45, 2.75) is 25.9 Å². The van der Waals surface area contributed by atoms with Gasteiger partial charge in [0.05, 0.1) is 6.54 Å². The van der Waals surface area contributed by atoms with Gasteiger partial charge in [-0.1, -0.05) is 0 Å². The SMILES string of the molecule is C[C@@H]1c2ccsc2CC[NH+]1Cc1cc(=O)n2ccsc2n1. The number of nitrogens with one attached hydrogen (secondary N) is 1. The minimum atomic E-state index is 0.0246. The molecule has 2 atom stereocenters. The summed E-state index contributed by atoms with van der Waals surface area (Å²) in [5.74, 6) is 0. The Morgan fingerprint density at radius 2 is 2.33 bits per heavy atom. The highest BCUT2D eigenvalue weighted by Gasteiger charge is 2.28. The Kier molecular flexibility index (Phi) is 3.17. The number of nitrogens with zero attached hydrogens (tertiary/aromatic N) is 2. The first kappa shape index (κ1) is 13.2. The van der Waals surface area contributed by atoms with Gasteiger partial charge in [0.15, 0.2) is 4.96 Å². The van der Waals surface area contributed by atoms with E-state index in [-0.39, 0.29) is 5.56 Å². The van der Waals surface area contributed by atoms with Crippen LogP contribution >= 0.6 is 22.7 Å². The highest BCUT2D eigenvalue weighted by atomic mass is 32.1. The summed E-state index contributed by atoms with van der Waals surface area (Å²) in [5, 5.41) is 4.09. The molecule has 1 N–H and O–H groups in total. The van der Waals surface area contributed by atoms with Crippen LogP contribution in [-0.4, -0.2) is 15.9 Å². The summed E-state index contributed by atoms with van der Waals surface area (Å²) in [7, 11) is 0. The first-order chi connectivity index (χ1) is 10.2. The zero-order valence-corrected chi connectivity index (χ0v) is 13.3. The molecule has 1 unspecified atom stereocenters. The molecular formula is C15H16N3OS2+. The van der Waals surface area contributed by atoms with Crippen molar-refractivity contribution in [1.82, 2.24) is 9.38 Å². The smallest absolute Gasteiger partial charge is 0.258 e. The van der Waals surface area contributed by atoms with Gasteiger partial charge in [-0.2, -0.15) is 0 Å². The molecule has 0 radical (unpaired) electrons. The lowest BCUT2D eigenvalue weighted by atomic mass is 10.0. The average Bonchev–Trinajstić information content (AvgIpc) is 3.10. The number of thiophene rings is 1. The van der Waals surface area contributed by atoms with Crippen LogP contribution in [0, 0.1) is 0 Å². The Morgan fingerprint density at radius 3 is 3.24 bits per heavy atom. The third-order valence-corrected chi connectivity index (χ3v) is 6.05. The molecule has 0 saturated carbocycles. The number of thiazole rings is 1. The van der Waals surface area contributed by atoms with E-state index in [0.29, 0.717) is 6.04 Å². The van der Waals surface area contributed by atoms with Crippen molar-refractivity contribution >= 4 is 27.6 Å². The highest BCUT2D eigenvalue weighted by Crippen LogP contribution is 2.24. The van der Waals surface area contributed by atoms with Crippen LogP contribution < -0.4 is 10.5 Å². The molecule has 0 fully saturated rings. The lowest BCUT2D eigenvalue weighted by Crippen LogP contribution is -3.11. The molecule has 1 aliphatic rings. The van der Waals surface area contributed by atoms with Crippen molar-refractivity contribution in [2.75, 3.05) is 6.54 Å². The summed E-state index contributed by atoms with van der Waals surface area (Å²) in [4.78, 5) is 20.5.